The summed E-state index contributed by atoms with van der Waals surface area (Å²) in [5, 5.41) is 6.04. The van der Waals surface area contributed by atoms with Gasteiger partial charge in [-0.25, -0.2) is 13.4 Å². The van der Waals surface area contributed by atoms with Crippen LogP contribution >= 0.6 is 11.3 Å². The summed E-state index contributed by atoms with van der Waals surface area (Å²) in [6.07, 6.45) is -3.07. The minimum Gasteiger partial charge on any atom is -0.494 e. The molecular weight excluding hydrogens is 633 g/mol. The number of nitrogens with zero attached hydrogens (tertiary/aromatic N) is 2. The largest absolute Gasteiger partial charge is 0.494 e. The second kappa shape index (κ2) is 12.7. The van der Waals surface area contributed by atoms with Crippen molar-refractivity contribution in [2.75, 3.05) is 25.5 Å². The highest BCUT2D eigenvalue weighted by Gasteiger charge is 2.41. The predicted molar refractivity (Wildman–Crippen MR) is 159 cm³/mol. The molecule has 10 nitrogen and oxygen atoms in total. The summed E-state index contributed by atoms with van der Waals surface area (Å²) in [5.74, 6) is -2.46. The second-order valence-electron chi connectivity index (χ2n) is 9.93. The van der Waals surface area contributed by atoms with Crippen molar-refractivity contribution < 1.29 is 40.7 Å². The molecule has 1 aromatic heterocycles. The number of fused-ring (bicyclic) bond motifs is 2. The van der Waals surface area contributed by atoms with Crippen molar-refractivity contribution in [1.82, 2.24) is 15.2 Å². The lowest BCUT2D eigenvalue weighted by Gasteiger charge is -2.18. The van der Waals surface area contributed by atoms with E-state index < -0.39 is 33.7 Å². The number of aromatic nitrogens is 1. The minimum atomic E-state index is -4.91. The molecule has 2 N–H and O–H groups in total. The molecule has 2 heterocycles. The maximum atomic E-state index is 13.2. The van der Waals surface area contributed by atoms with Gasteiger partial charge in [0.25, 0.3) is 11.8 Å². The molecule has 0 saturated carbocycles. The van der Waals surface area contributed by atoms with E-state index in [0.29, 0.717) is 15.7 Å². The molecule has 45 heavy (non-hydrogen) atoms. The number of alkyl halides is 3. The zero-order valence-electron chi connectivity index (χ0n) is 23.6. The van der Waals surface area contributed by atoms with Crippen LogP contribution in [0, 0.1) is 0 Å². The topological polar surface area (TPSA) is 135 Å². The zero-order valence-corrected chi connectivity index (χ0v) is 25.2. The molecule has 4 aromatic rings. The van der Waals surface area contributed by atoms with Gasteiger partial charge in [-0.1, -0.05) is 12.1 Å². The Bertz CT molecular complexity index is 1870. The van der Waals surface area contributed by atoms with E-state index in [2.05, 4.69) is 15.6 Å². The summed E-state index contributed by atoms with van der Waals surface area (Å²) in [4.78, 5) is 42.3. The van der Waals surface area contributed by atoms with Crippen LogP contribution in [0.2, 0.25) is 0 Å². The molecule has 0 unspecified atom stereocenters. The number of halogens is 3. The van der Waals surface area contributed by atoms with E-state index >= 15 is 0 Å². The lowest BCUT2D eigenvalue weighted by Crippen LogP contribution is -2.39. The van der Waals surface area contributed by atoms with Gasteiger partial charge in [0.2, 0.25) is 9.84 Å². The summed E-state index contributed by atoms with van der Waals surface area (Å²) in [7, 11) is -2.90. The van der Waals surface area contributed by atoms with Gasteiger partial charge in [0.15, 0.2) is 0 Å². The van der Waals surface area contributed by atoms with Crippen LogP contribution in [0.3, 0.4) is 0 Å². The van der Waals surface area contributed by atoms with E-state index in [1.807, 2.05) is 0 Å². The number of hydrogen-bond acceptors (Lipinski definition) is 8. The van der Waals surface area contributed by atoms with Gasteiger partial charge in [0.05, 0.1) is 34.2 Å². The van der Waals surface area contributed by atoms with Gasteiger partial charge in [-0.3, -0.25) is 14.4 Å². The molecule has 0 atom stereocenters. The van der Waals surface area contributed by atoms with Gasteiger partial charge >= 0.3 is 12.1 Å². The number of nitrogens with one attached hydrogen (secondary N) is 2. The van der Waals surface area contributed by atoms with E-state index in [0.717, 1.165) is 17.5 Å². The third-order valence-corrected chi connectivity index (χ3v) is 9.69. The fourth-order valence-electron chi connectivity index (χ4n) is 4.50. The Morgan fingerprint density at radius 3 is 2.51 bits per heavy atom. The number of benzene rings is 3. The molecule has 1 aliphatic rings. The summed E-state index contributed by atoms with van der Waals surface area (Å²) >= 11 is 1.34. The lowest BCUT2D eigenvalue weighted by molar-refractivity contribution is -0.184. The number of rotatable bonds is 9. The first-order chi connectivity index (χ1) is 21.3. The Kier molecular flexibility index (Phi) is 8.93. The highest BCUT2D eigenvalue weighted by atomic mass is 32.2. The molecule has 0 aliphatic carbocycles. The Hall–Kier alpha value is -4.76. The summed E-state index contributed by atoms with van der Waals surface area (Å²) in [5.41, 5.74) is 0.978. The fraction of sp³-hybridized carbons (Fsp3) is 0.200. The lowest BCUT2D eigenvalue weighted by atomic mass is 10.1. The van der Waals surface area contributed by atoms with E-state index in [1.165, 1.54) is 47.7 Å². The molecule has 234 valence electrons. The van der Waals surface area contributed by atoms with Crippen molar-refractivity contribution in [3.8, 4) is 16.3 Å². The molecule has 5 rings (SSSR count). The number of carbonyl (C=O) groups excluding carboxylic acids is 3. The smallest absolute Gasteiger partial charge is 0.471 e. The van der Waals surface area contributed by atoms with Crippen LogP contribution in [-0.2, 0) is 21.2 Å². The molecule has 0 fully saturated rings. The molecule has 0 radical (unpaired) electrons. The molecule has 0 bridgehead atoms. The monoisotopic (exact) mass is 658 g/mol. The fourth-order valence-corrected chi connectivity index (χ4v) is 6.94. The van der Waals surface area contributed by atoms with Crippen molar-refractivity contribution in [2.45, 2.75) is 28.9 Å². The summed E-state index contributed by atoms with van der Waals surface area (Å²) < 4.78 is 69.3. The van der Waals surface area contributed by atoms with Crippen LogP contribution < -0.4 is 15.4 Å². The summed E-state index contributed by atoms with van der Waals surface area (Å²) in [6, 6.07) is 16.8. The normalized spacial score (nSPS) is 13.6. The van der Waals surface area contributed by atoms with Crippen molar-refractivity contribution in [3.05, 3.63) is 88.9 Å². The predicted octanol–water partition coefficient (Wildman–Crippen LogP) is 4.93. The first-order valence-corrected chi connectivity index (χ1v) is 15.7. The quantitative estimate of drug-likeness (QED) is 0.244. The number of thiazole rings is 1. The van der Waals surface area contributed by atoms with Crippen LogP contribution in [0.25, 0.3) is 10.6 Å². The first kappa shape index (κ1) is 31.7. The Morgan fingerprint density at radius 1 is 1.04 bits per heavy atom. The van der Waals surface area contributed by atoms with Crippen molar-refractivity contribution in [1.29, 1.82) is 0 Å². The van der Waals surface area contributed by atoms with Crippen LogP contribution in [-0.4, -0.2) is 62.4 Å². The van der Waals surface area contributed by atoms with Gasteiger partial charge < -0.3 is 20.3 Å². The third kappa shape index (κ3) is 6.99. The number of carbonyl (C=O) groups is 3. The molecule has 3 amide bonds. The third-order valence-electron chi connectivity index (χ3n) is 6.77. The molecule has 0 saturated heterocycles. The van der Waals surface area contributed by atoms with Gasteiger partial charge in [0, 0.05) is 35.8 Å². The van der Waals surface area contributed by atoms with Crippen molar-refractivity contribution in [2.24, 2.45) is 0 Å². The zero-order chi connectivity index (χ0) is 32.4. The van der Waals surface area contributed by atoms with Crippen LogP contribution in [0.15, 0.2) is 82.7 Å². The average molecular weight is 659 g/mol. The number of hydrogen-bond donors (Lipinski definition) is 2. The van der Waals surface area contributed by atoms with Gasteiger partial charge in [0.1, 0.15) is 10.8 Å². The SMILES string of the molecule is CN(CCCOc1ccc(-c2ncc(CNC(=O)c3ccc4c(c3)NC(=O)c3ccccc3S4(=O)=O)s2)cc1)C(=O)C(F)(F)F. The number of ether oxygens (including phenoxy) is 1. The maximum absolute atomic E-state index is 13.2. The highest BCUT2D eigenvalue weighted by molar-refractivity contribution is 7.91. The Balaban J connectivity index is 1.16. The number of amides is 3. The van der Waals surface area contributed by atoms with Crippen molar-refractivity contribution >= 4 is 44.6 Å². The number of anilines is 1. The van der Waals surface area contributed by atoms with E-state index in [1.54, 1.807) is 36.5 Å². The standard InChI is InChI=1S/C30H25F3N4O6S2/c1-37(29(40)30(31,32)33)13-4-14-43-20-10-7-18(8-11-20)28-35-17-21(44-28)16-34-26(38)19-9-12-25-23(15-19)36-27(39)22-5-2-3-6-24(22)45(25,41)42/h2-3,5-12,15,17H,4,13-14,16H2,1H3,(H,34,38)(H,36,39). The Labute approximate surface area is 259 Å². The van der Waals surface area contributed by atoms with Crippen LogP contribution in [0.4, 0.5) is 18.9 Å². The molecule has 15 heteroatoms. The van der Waals surface area contributed by atoms with E-state index in [-0.39, 0.29) is 52.7 Å². The second-order valence-corrected chi connectivity index (χ2v) is 12.9. The first-order valence-electron chi connectivity index (χ1n) is 13.4. The van der Waals surface area contributed by atoms with Crippen LogP contribution in [0.1, 0.15) is 32.0 Å². The molecule has 3 aromatic carbocycles. The van der Waals surface area contributed by atoms with E-state index in [9.17, 15) is 36.0 Å². The minimum absolute atomic E-state index is 0.0141. The van der Waals surface area contributed by atoms with E-state index in [4.69, 9.17) is 4.74 Å². The molecule has 0 spiro atoms. The van der Waals surface area contributed by atoms with Crippen molar-refractivity contribution in [3.63, 3.8) is 0 Å². The molecule has 1 aliphatic heterocycles. The van der Waals surface area contributed by atoms with Gasteiger partial charge in [-0.05, 0) is 61.0 Å². The summed E-state index contributed by atoms with van der Waals surface area (Å²) in [6.45, 7) is 0.167. The van der Waals surface area contributed by atoms with Gasteiger partial charge in [-0.15, -0.1) is 11.3 Å². The maximum Gasteiger partial charge on any atom is 0.471 e. The average Bonchev–Trinajstić information content (AvgIpc) is 3.47. The highest BCUT2D eigenvalue weighted by Crippen LogP contribution is 2.34. The molecular formula is C30H25F3N4O6S2. The number of sulfone groups is 1. The van der Waals surface area contributed by atoms with Gasteiger partial charge in [-0.2, -0.15) is 13.2 Å². The van der Waals surface area contributed by atoms with Crippen LogP contribution in [0.5, 0.6) is 5.75 Å². The Morgan fingerprint density at radius 2 is 1.78 bits per heavy atom.